The number of carbonyl (C=O) groups is 1. The van der Waals surface area contributed by atoms with Crippen LogP contribution in [0.1, 0.15) is 27.7 Å². The predicted octanol–water partition coefficient (Wildman–Crippen LogP) is 5.58. The first-order chi connectivity index (χ1) is 14.5. The van der Waals surface area contributed by atoms with Gasteiger partial charge in [0.1, 0.15) is 17.2 Å². The first-order valence-corrected chi connectivity index (χ1v) is 9.85. The Morgan fingerprint density at radius 2 is 1.67 bits per heavy atom. The summed E-state index contributed by atoms with van der Waals surface area (Å²) in [4.78, 5) is 28.0. The molecule has 0 spiro atoms. The lowest BCUT2D eigenvalue weighted by atomic mass is 9.98. The SMILES string of the molecule is O=C1c2oc3ccc(Br)cc3c(=O)c2[C@H](c2ccccc2F)N1c1ccc(F)cc1. The highest BCUT2D eigenvalue weighted by molar-refractivity contribution is 9.10. The van der Waals surface area contributed by atoms with Crippen LogP contribution in [0, 0.1) is 11.6 Å². The molecule has 5 rings (SSSR count). The Hall–Kier alpha value is -3.32. The van der Waals surface area contributed by atoms with Gasteiger partial charge in [-0.1, -0.05) is 34.1 Å². The number of benzene rings is 3. The van der Waals surface area contributed by atoms with Crippen molar-refractivity contribution in [2.24, 2.45) is 0 Å². The third-order valence-corrected chi connectivity index (χ3v) is 5.63. The number of amides is 1. The fourth-order valence-corrected chi connectivity index (χ4v) is 4.17. The van der Waals surface area contributed by atoms with Gasteiger partial charge in [0, 0.05) is 15.7 Å². The molecule has 0 saturated carbocycles. The summed E-state index contributed by atoms with van der Waals surface area (Å²) in [5.74, 6) is -1.78. The highest BCUT2D eigenvalue weighted by Crippen LogP contribution is 2.42. The lowest BCUT2D eigenvalue weighted by molar-refractivity contribution is 0.0970. The first kappa shape index (κ1) is 18.7. The summed E-state index contributed by atoms with van der Waals surface area (Å²) >= 11 is 3.33. The van der Waals surface area contributed by atoms with Crippen LogP contribution >= 0.6 is 15.9 Å². The number of carbonyl (C=O) groups excluding carboxylic acids is 1. The van der Waals surface area contributed by atoms with Gasteiger partial charge in [-0.15, -0.1) is 0 Å². The van der Waals surface area contributed by atoms with Crippen molar-refractivity contribution in [3.05, 3.63) is 110 Å². The number of halogens is 3. The second kappa shape index (κ2) is 6.88. The van der Waals surface area contributed by atoms with Crippen LogP contribution in [0.3, 0.4) is 0 Å². The smallest absolute Gasteiger partial charge is 0.295 e. The summed E-state index contributed by atoms with van der Waals surface area (Å²) in [6, 6.07) is 15.0. The van der Waals surface area contributed by atoms with E-state index in [4.69, 9.17) is 4.42 Å². The normalized spacial score (nSPS) is 15.6. The molecule has 0 radical (unpaired) electrons. The quantitative estimate of drug-likeness (QED) is 0.386. The van der Waals surface area contributed by atoms with E-state index in [-0.39, 0.29) is 27.9 Å². The van der Waals surface area contributed by atoms with Crippen LogP contribution in [0.4, 0.5) is 14.5 Å². The highest BCUT2D eigenvalue weighted by atomic mass is 79.9. The van der Waals surface area contributed by atoms with Gasteiger partial charge < -0.3 is 4.42 Å². The van der Waals surface area contributed by atoms with E-state index >= 15 is 0 Å². The molecule has 0 aliphatic carbocycles. The maximum Gasteiger partial charge on any atom is 0.295 e. The zero-order valence-electron chi connectivity index (χ0n) is 15.2. The zero-order valence-corrected chi connectivity index (χ0v) is 16.8. The summed E-state index contributed by atoms with van der Waals surface area (Å²) in [6.07, 6.45) is 0. The Labute approximate surface area is 177 Å². The van der Waals surface area contributed by atoms with Gasteiger partial charge in [0.25, 0.3) is 5.91 Å². The Morgan fingerprint density at radius 1 is 0.933 bits per heavy atom. The van der Waals surface area contributed by atoms with E-state index < -0.39 is 29.0 Å². The Kier molecular flexibility index (Phi) is 4.29. The van der Waals surface area contributed by atoms with Crippen molar-refractivity contribution in [1.29, 1.82) is 0 Å². The highest BCUT2D eigenvalue weighted by Gasteiger charge is 2.44. The van der Waals surface area contributed by atoms with Gasteiger partial charge in [0.15, 0.2) is 5.43 Å². The van der Waals surface area contributed by atoms with Crippen molar-refractivity contribution >= 4 is 38.5 Å². The molecule has 1 aliphatic heterocycles. The van der Waals surface area contributed by atoms with Gasteiger partial charge in [-0.05, 0) is 48.5 Å². The molecule has 1 aliphatic rings. The molecule has 0 unspecified atom stereocenters. The van der Waals surface area contributed by atoms with E-state index in [9.17, 15) is 18.4 Å². The standard InChI is InChI=1S/C23H12BrF2NO3/c24-12-5-10-18-16(11-12)21(28)19-20(15-3-1-2-4-17(15)26)27(23(29)22(19)30-18)14-8-6-13(25)7-9-14/h1-11,20H/t20-/m0/s1. The number of rotatable bonds is 2. The Morgan fingerprint density at radius 3 is 2.40 bits per heavy atom. The fraction of sp³-hybridized carbons (Fsp3) is 0.0435. The third-order valence-electron chi connectivity index (χ3n) is 5.14. The van der Waals surface area contributed by atoms with Gasteiger partial charge in [-0.25, -0.2) is 8.78 Å². The van der Waals surface area contributed by atoms with E-state index in [1.807, 2.05) is 0 Å². The molecular weight excluding hydrogens is 456 g/mol. The molecule has 0 N–H and O–H groups in total. The van der Waals surface area contributed by atoms with Crippen molar-refractivity contribution in [3.8, 4) is 0 Å². The van der Waals surface area contributed by atoms with Crippen LogP contribution < -0.4 is 10.3 Å². The maximum atomic E-state index is 14.8. The van der Waals surface area contributed by atoms with Crippen molar-refractivity contribution in [3.63, 3.8) is 0 Å². The number of anilines is 1. The molecular formula is C23H12BrF2NO3. The van der Waals surface area contributed by atoms with Crippen LogP contribution in [0.5, 0.6) is 0 Å². The first-order valence-electron chi connectivity index (χ1n) is 9.05. The van der Waals surface area contributed by atoms with E-state index in [0.29, 0.717) is 10.2 Å². The van der Waals surface area contributed by atoms with Gasteiger partial charge in [0.2, 0.25) is 5.76 Å². The molecule has 2 heterocycles. The molecule has 3 aromatic carbocycles. The molecule has 0 bridgehead atoms. The topological polar surface area (TPSA) is 50.5 Å². The number of hydrogen-bond acceptors (Lipinski definition) is 3. The average Bonchev–Trinajstić information content (AvgIpc) is 3.02. The van der Waals surface area contributed by atoms with Crippen molar-refractivity contribution < 1.29 is 18.0 Å². The second-order valence-corrected chi connectivity index (χ2v) is 7.81. The summed E-state index contributed by atoms with van der Waals surface area (Å²) in [7, 11) is 0. The Bertz CT molecular complexity index is 1380. The summed E-state index contributed by atoms with van der Waals surface area (Å²) in [5, 5.41) is 0.276. The largest absolute Gasteiger partial charge is 0.450 e. The minimum Gasteiger partial charge on any atom is -0.450 e. The lowest BCUT2D eigenvalue weighted by Crippen LogP contribution is -2.30. The zero-order chi connectivity index (χ0) is 21.0. The summed E-state index contributed by atoms with van der Waals surface area (Å²) < 4.78 is 34.7. The van der Waals surface area contributed by atoms with E-state index in [2.05, 4.69) is 15.9 Å². The summed E-state index contributed by atoms with van der Waals surface area (Å²) in [6.45, 7) is 0. The molecule has 1 atom stereocenters. The second-order valence-electron chi connectivity index (χ2n) is 6.89. The number of fused-ring (bicyclic) bond motifs is 2. The maximum absolute atomic E-state index is 14.8. The average molecular weight is 468 g/mol. The van der Waals surface area contributed by atoms with Crippen LogP contribution in [0.2, 0.25) is 0 Å². The van der Waals surface area contributed by atoms with E-state index in [1.54, 1.807) is 24.3 Å². The lowest BCUT2D eigenvalue weighted by Gasteiger charge is -2.25. The minimum atomic E-state index is -1.04. The Balaban J connectivity index is 1.84. The molecule has 1 amide bonds. The van der Waals surface area contributed by atoms with Gasteiger partial charge in [-0.3, -0.25) is 14.5 Å². The molecule has 1 aromatic heterocycles. The molecule has 4 aromatic rings. The van der Waals surface area contributed by atoms with E-state index in [0.717, 1.165) is 0 Å². The monoisotopic (exact) mass is 467 g/mol. The molecule has 0 saturated heterocycles. The molecule has 7 heteroatoms. The van der Waals surface area contributed by atoms with Gasteiger partial charge >= 0.3 is 0 Å². The van der Waals surface area contributed by atoms with Crippen LogP contribution in [0.15, 0.2) is 80.4 Å². The molecule has 30 heavy (non-hydrogen) atoms. The van der Waals surface area contributed by atoms with E-state index in [1.165, 1.54) is 47.4 Å². The molecule has 0 fully saturated rings. The van der Waals surface area contributed by atoms with Crippen molar-refractivity contribution in [2.75, 3.05) is 4.90 Å². The molecule has 4 nitrogen and oxygen atoms in total. The number of nitrogens with zero attached hydrogens (tertiary/aromatic N) is 1. The number of hydrogen-bond donors (Lipinski definition) is 0. The summed E-state index contributed by atoms with van der Waals surface area (Å²) in [5.41, 5.74) is 0.364. The fourth-order valence-electron chi connectivity index (χ4n) is 3.80. The minimum absolute atomic E-state index is 0.0556. The predicted molar refractivity (Wildman–Crippen MR) is 112 cm³/mol. The van der Waals surface area contributed by atoms with Crippen molar-refractivity contribution in [2.45, 2.75) is 6.04 Å². The van der Waals surface area contributed by atoms with Gasteiger partial charge in [0.05, 0.1) is 17.0 Å². The van der Waals surface area contributed by atoms with Gasteiger partial charge in [-0.2, -0.15) is 0 Å². The van der Waals surface area contributed by atoms with Crippen molar-refractivity contribution in [1.82, 2.24) is 0 Å². The third kappa shape index (κ3) is 2.77. The van der Waals surface area contributed by atoms with Crippen LogP contribution in [0.25, 0.3) is 11.0 Å². The van der Waals surface area contributed by atoms with Crippen LogP contribution in [-0.4, -0.2) is 5.91 Å². The van der Waals surface area contributed by atoms with Crippen LogP contribution in [-0.2, 0) is 0 Å². The molecule has 148 valence electrons.